The minimum Gasteiger partial charge on any atom is -0.507 e. The summed E-state index contributed by atoms with van der Waals surface area (Å²) < 4.78 is 0. The van der Waals surface area contributed by atoms with Gasteiger partial charge in [-0.1, -0.05) is 49.6 Å². The van der Waals surface area contributed by atoms with E-state index in [0.717, 1.165) is 24.1 Å². The van der Waals surface area contributed by atoms with Gasteiger partial charge in [0.05, 0.1) is 0 Å². The highest BCUT2D eigenvalue weighted by atomic mass is 16.3. The highest BCUT2D eigenvalue weighted by molar-refractivity contribution is 5.73. The minimum absolute atomic E-state index is 0.248. The fourth-order valence-electron chi connectivity index (χ4n) is 6.35. The van der Waals surface area contributed by atoms with Gasteiger partial charge < -0.3 is 10.4 Å². The molecule has 5 rings (SSSR count). The van der Waals surface area contributed by atoms with Crippen molar-refractivity contribution in [2.75, 3.05) is 6.54 Å². The fourth-order valence-corrected chi connectivity index (χ4v) is 6.35. The summed E-state index contributed by atoms with van der Waals surface area (Å²) in [6.45, 7) is 5.73. The Hall–Kier alpha value is -1.80. The van der Waals surface area contributed by atoms with Crippen LogP contribution in [0, 0.1) is 12.3 Å². The summed E-state index contributed by atoms with van der Waals surface area (Å²) in [4.78, 5) is 0. The Kier molecular flexibility index (Phi) is 3.53. The molecule has 0 aromatic heterocycles. The molecule has 2 N–H and O–H groups in total. The Morgan fingerprint density at radius 2 is 1.81 bits per heavy atom. The average molecular weight is 348 g/mol. The van der Waals surface area contributed by atoms with Gasteiger partial charge in [-0.3, -0.25) is 0 Å². The van der Waals surface area contributed by atoms with Crippen molar-refractivity contribution < 1.29 is 5.11 Å². The molecule has 0 spiro atoms. The highest BCUT2D eigenvalue weighted by Crippen LogP contribution is 2.61. The topological polar surface area (TPSA) is 32.3 Å². The number of phenols is 1. The van der Waals surface area contributed by atoms with Gasteiger partial charge in [0.1, 0.15) is 5.75 Å². The number of rotatable bonds is 1. The average Bonchev–Trinajstić information content (AvgIpc) is 2.63. The maximum absolute atomic E-state index is 10.9. The third-order valence-corrected chi connectivity index (χ3v) is 7.88. The lowest BCUT2D eigenvalue weighted by Gasteiger charge is -2.63. The lowest BCUT2D eigenvalue weighted by molar-refractivity contribution is -0.0141. The number of hydrogen-bond acceptors (Lipinski definition) is 2. The smallest absolute Gasteiger partial charge is 0.123 e. The van der Waals surface area contributed by atoms with Gasteiger partial charge in [0, 0.05) is 17.0 Å². The predicted octanol–water partition coefficient (Wildman–Crippen LogP) is 5.10. The molecule has 1 saturated heterocycles. The Bertz CT molecular complexity index is 851. The first-order valence-corrected chi connectivity index (χ1v) is 10.2. The lowest BCUT2D eigenvalue weighted by atomic mass is 9.45. The summed E-state index contributed by atoms with van der Waals surface area (Å²) in [5.41, 5.74) is 6.83. The molecule has 2 nitrogen and oxygen atoms in total. The van der Waals surface area contributed by atoms with E-state index in [1.54, 1.807) is 0 Å². The molecule has 1 aliphatic heterocycles. The second-order valence-corrected chi connectivity index (χ2v) is 9.06. The summed E-state index contributed by atoms with van der Waals surface area (Å²) in [5, 5.41) is 14.8. The Labute approximate surface area is 156 Å². The second kappa shape index (κ2) is 5.60. The van der Waals surface area contributed by atoms with Gasteiger partial charge in [-0.25, -0.2) is 0 Å². The molecule has 0 unspecified atom stereocenters. The summed E-state index contributed by atoms with van der Waals surface area (Å²) >= 11 is 0. The van der Waals surface area contributed by atoms with E-state index in [4.69, 9.17) is 0 Å². The van der Waals surface area contributed by atoms with E-state index in [1.165, 1.54) is 48.8 Å². The monoisotopic (exact) mass is 347 g/mol. The Morgan fingerprint density at radius 1 is 1.04 bits per heavy atom. The van der Waals surface area contributed by atoms with Crippen molar-refractivity contribution in [3.8, 4) is 16.9 Å². The van der Waals surface area contributed by atoms with E-state index in [2.05, 4.69) is 55.6 Å². The van der Waals surface area contributed by atoms with Crippen molar-refractivity contribution >= 4 is 0 Å². The molecule has 0 amide bonds. The molecule has 2 aliphatic carbocycles. The zero-order valence-electron chi connectivity index (χ0n) is 15.9. The maximum atomic E-state index is 10.9. The van der Waals surface area contributed by atoms with Crippen molar-refractivity contribution in [1.82, 2.24) is 5.32 Å². The van der Waals surface area contributed by atoms with Crippen molar-refractivity contribution in [2.45, 2.75) is 63.8 Å². The van der Waals surface area contributed by atoms with Gasteiger partial charge in [-0.2, -0.15) is 0 Å². The van der Waals surface area contributed by atoms with Gasteiger partial charge in [0.2, 0.25) is 0 Å². The number of aromatic hydroxyl groups is 1. The van der Waals surface area contributed by atoms with Crippen LogP contribution in [0.4, 0.5) is 0 Å². The quantitative estimate of drug-likeness (QED) is 0.752. The number of hydrogen-bond donors (Lipinski definition) is 2. The molecule has 0 radical (unpaired) electrons. The fraction of sp³-hybridized carbons (Fsp3) is 0.500. The van der Waals surface area contributed by atoms with E-state index in [9.17, 15) is 5.11 Å². The van der Waals surface area contributed by atoms with Crippen molar-refractivity contribution in [2.24, 2.45) is 5.41 Å². The molecule has 2 aromatic carbocycles. The van der Waals surface area contributed by atoms with E-state index in [-0.39, 0.29) is 5.41 Å². The molecule has 2 aromatic rings. The van der Waals surface area contributed by atoms with Crippen LogP contribution in [0.5, 0.6) is 5.75 Å². The lowest BCUT2D eigenvalue weighted by Crippen LogP contribution is -2.65. The molecule has 26 heavy (non-hydrogen) atoms. The molecule has 1 heterocycles. The van der Waals surface area contributed by atoms with E-state index < -0.39 is 0 Å². The van der Waals surface area contributed by atoms with Crippen LogP contribution in [0.25, 0.3) is 11.1 Å². The summed E-state index contributed by atoms with van der Waals surface area (Å²) in [5.74, 6) is 0.451. The van der Waals surface area contributed by atoms with Crippen LogP contribution in [-0.4, -0.2) is 17.7 Å². The van der Waals surface area contributed by atoms with E-state index in [0.29, 0.717) is 17.2 Å². The number of fused-ring (bicyclic) bond motifs is 1. The van der Waals surface area contributed by atoms with Gasteiger partial charge in [0.15, 0.2) is 0 Å². The van der Waals surface area contributed by atoms with Crippen molar-refractivity contribution in [3.63, 3.8) is 0 Å². The molecule has 1 saturated carbocycles. The van der Waals surface area contributed by atoms with Gasteiger partial charge in [0.25, 0.3) is 0 Å². The molecular weight excluding hydrogens is 318 g/mol. The maximum Gasteiger partial charge on any atom is 0.123 e. The SMILES string of the molecule is Cc1ccc(-c2cc3c(cc2O)[C@]24CCCC[C@]2(C)[C@H](C3)NCC4)cc1. The molecule has 2 heteroatoms. The molecule has 2 bridgehead atoms. The van der Waals surface area contributed by atoms with Crippen LogP contribution in [0.1, 0.15) is 55.7 Å². The van der Waals surface area contributed by atoms with Crippen LogP contribution >= 0.6 is 0 Å². The third kappa shape index (κ3) is 2.08. The van der Waals surface area contributed by atoms with Crippen LogP contribution in [0.15, 0.2) is 36.4 Å². The summed E-state index contributed by atoms with van der Waals surface area (Å²) in [6, 6.07) is 13.5. The van der Waals surface area contributed by atoms with Crippen molar-refractivity contribution in [3.05, 3.63) is 53.1 Å². The summed E-state index contributed by atoms with van der Waals surface area (Å²) in [7, 11) is 0. The molecule has 3 aliphatic rings. The first-order chi connectivity index (χ1) is 12.5. The van der Waals surface area contributed by atoms with Crippen LogP contribution in [0.3, 0.4) is 0 Å². The van der Waals surface area contributed by atoms with E-state index >= 15 is 0 Å². The van der Waals surface area contributed by atoms with Crippen molar-refractivity contribution in [1.29, 1.82) is 0 Å². The first-order valence-electron chi connectivity index (χ1n) is 10.2. The first kappa shape index (κ1) is 16.4. The normalized spacial score (nSPS) is 32.6. The van der Waals surface area contributed by atoms with Gasteiger partial charge in [-0.05, 0) is 73.4 Å². The zero-order valence-corrected chi connectivity index (χ0v) is 15.9. The largest absolute Gasteiger partial charge is 0.507 e. The van der Waals surface area contributed by atoms with Crippen LogP contribution in [-0.2, 0) is 11.8 Å². The standard InChI is InChI=1S/C24H29NO/c1-16-5-7-17(8-6-16)19-13-18-14-22-23(2)9-3-4-10-24(23,11-12-25-22)20(18)15-21(19)26/h5-8,13,15,22,25-26H,3-4,9-12,14H2,1-2H3/t22-,23+,24+/m0/s1. The Balaban J connectivity index is 1.68. The minimum atomic E-state index is 0.248. The number of aryl methyl sites for hydroxylation is 1. The molecule has 136 valence electrons. The summed E-state index contributed by atoms with van der Waals surface area (Å²) in [6.07, 6.45) is 7.55. The number of benzene rings is 2. The van der Waals surface area contributed by atoms with E-state index in [1.807, 2.05) is 0 Å². The Morgan fingerprint density at radius 3 is 2.62 bits per heavy atom. The molecule has 2 fully saturated rings. The predicted molar refractivity (Wildman–Crippen MR) is 107 cm³/mol. The number of phenolic OH excluding ortho intramolecular Hbond substituents is 1. The molecular formula is C24H29NO. The van der Waals surface area contributed by atoms with Gasteiger partial charge >= 0.3 is 0 Å². The molecule has 3 atom stereocenters. The number of nitrogens with one attached hydrogen (secondary N) is 1. The number of piperidine rings is 1. The van der Waals surface area contributed by atoms with Crippen LogP contribution in [0.2, 0.25) is 0 Å². The highest BCUT2D eigenvalue weighted by Gasteiger charge is 2.59. The van der Waals surface area contributed by atoms with Gasteiger partial charge in [-0.15, -0.1) is 0 Å². The second-order valence-electron chi connectivity index (χ2n) is 9.06. The van der Waals surface area contributed by atoms with Crippen LogP contribution < -0.4 is 5.32 Å². The third-order valence-electron chi connectivity index (χ3n) is 7.88. The zero-order chi connectivity index (χ0) is 17.9.